The number of aryl methyl sites for hydroxylation is 1. The lowest BCUT2D eigenvalue weighted by Crippen LogP contribution is -2.50. The van der Waals surface area contributed by atoms with Crippen molar-refractivity contribution in [2.45, 2.75) is 37.4 Å². The monoisotopic (exact) mass is 487 g/mol. The van der Waals surface area contributed by atoms with Crippen LogP contribution in [0.5, 0.6) is 11.5 Å². The zero-order chi connectivity index (χ0) is 25.3. The quantitative estimate of drug-likeness (QED) is 0.553. The van der Waals surface area contributed by atoms with Crippen molar-refractivity contribution in [3.8, 4) is 23.3 Å². The van der Waals surface area contributed by atoms with Crippen LogP contribution in [0.25, 0.3) is 5.69 Å². The number of hydrogen-bond acceptors (Lipinski definition) is 6. The van der Waals surface area contributed by atoms with Gasteiger partial charge >= 0.3 is 0 Å². The van der Waals surface area contributed by atoms with Crippen molar-refractivity contribution >= 4 is 5.91 Å². The zero-order valence-corrected chi connectivity index (χ0v) is 20.2. The number of nitrogens with zero attached hydrogens (tertiary/aromatic N) is 3. The molecule has 186 valence electrons. The first-order valence-corrected chi connectivity index (χ1v) is 12.2. The number of rotatable bonds is 6. The summed E-state index contributed by atoms with van der Waals surface area (Å²) in [5.41, 5.74) is 3.19. The van der Waals surface area contributed by atoms with Gasteiger partial charge in [0.1, 0.15) is 23.3 Å². The lowest BCUT2D eigenvalue weighted by atomic mass is 9.86. The maximum absolute atomic E-state index is 13.4. The van der Waals surface area contributed by atoms with Gasteiger partial charge in [-0.15, -0.1) is 0 Å². The zero-order valence-electron chi connectivity index (χ0n) is 20.2. The van der Waals surface area contributed by atoms with Gasteiger partial charge in [-0.3, -0.25) is 9.36 Å². The van der Waals surface area contributed by atoms with Gasteiger partial charge < -0.3 is 24.6 Å². The molecular formula is C28H29N3O5. The molecule has 1 atom stereocenters. The number of aromatic nitrogens is 1. The van der Waals surface area contributed by atoms with Gasteiger partial charge in [0.15, 0.2) is 5.60 Å². The number of amides is 1. The number of para-hydroxylation sites is 2. The van der Waals surface area contributed by atoms with Gasteiger partial charge in [-0.05, 0) is 54.8 Å². The van der Waals surface area contributed by atoms with E-state index in [0.29, 0.717) is 55.8 Å². The molecule has 2 aliphatic heterocycles. The van der Waals surface area contributed by atoms with Gasteiger partial charge in [0.05, 0.1) is 31.2 Å². The summed E-state index contributed by atoms with van der Waals surface area (Å²) in [6.45, 7) is 0.745. The van der Waals surface area contributed by atoms with Crippen molar-refractivity contribution in [3.63, 3.8) is 0 Å². The fourth-order valence-corrected chi connectivity index (χ4v) is 5.24. The molecule has 1 fully saturated rings. The Morgan fingerprint density at radius 1 is 1.19 bits per heavy atom. The van der Waals surface area contributed by atoms with Crippen molar-refractivity contribution in [1.29, 1.82) is 5.26 Å². The summed E-state index contributed by atoms with van der Waals surface area (Å²) in [4.78, 5) is 15.2. The molecule has 8 heteroatoms. The van der Waals surface area contributed by atoms with E-state index >= 15 is 0 Å². The van der Waals surface area contributed by atoms with E-state index in [-0.39, 0.29) is 12.5 Å². The Morgan fingerprint density at radius 3 is 2.69 bits per heavy atom. The minimum absolute atomic E-state index is 0.0746. The number of carbonyl (C=O) groups is 1. The van der Waals surface area contributed by atoms with Crippen molar-refractivity contribution in [1.82, 2.24) is 9.47 Å². The van der Waals surface area contributed by atoms with Gasteiger partial charge in [-0.2, -0.15) is 5.26 Å². The summed E-state index contributed by atoms with van der Waals surface area (Å²) in [5, 5.41) is 28.4. The third-order valence-electron chi connectivity index (χ3n) is 7.22. The van der Waals surface area contributed by atoms with Crippen LogP contribution in [0.1, 0.15) is 46.6 Å². The van der Waals surface area contributed by atoms with Crippen LogP contribution in [0.15, 0.2) is 54.6 Å². The third-order valence-corrected chi connectivity index (χ3v) is 7.22. The molecule has 1 amide bonds. The van der Waals surface area contributed by atoms with Crippen LogP contribution in [0.3, 0.4) is 0 Å². The largest absolute Gasteiger partial charge is 0.496 e. The maximum Gasteiger partial charge on any atom is 0.253 e. The Bertz CT molecular complexity index is 1320. The predicted molar refractivity (Wildman–Crippen MR) is 132 cm³/mol. The normalized spacial score (nSPS) is 16.4. The van der Waals surface area contributed by atoms with Crippen molar-refractivity contribution in [2.75, 3.05) is 26.8 Å². The molecule has 2 N–H and O–H groups in total. The van der Waals surface area contributed by atoms with Crippen LogP contribution in [0, 0.1) is 11.3 Å². The number of aliphatic hydroxyl groups excluding tert-OH is 2. The summed E-state index contributed by atoms with van der Waals surface area (Å²) >= 11 is 0. The lowest BCUT2D eigenvalue weighted by molar-refractivity contribution is -0.00938. The van der Waals surface area contributed by atoms with Crippen molar-refractivity contribution < 1.29 is 24.5 Å². The molecule has 8 nitrogen and oxygen atoms in total. The molecule has 0 unspecified atom stereocenters. The van der Waals surface area contributed by atoms with E-state index in [1.165, 1.54) is 0 Å². The van der Waals surface area contributed by atoms with Crippen LogP contribution in [-0.2, 0) is 12.0 Å². The Balaban J connectivity index is 1.34. The molecule has 5 rings (SSSR count). The Labute approximate surface area is 209 Å². The highest BCUT2D eigenvalue weighted by atomic mass is 16.5. The first kappa shape index (κ1) is 23.9. The second kappa shape index (κ2) is 9.69. The summed E-state index contributed by atoms with van der Waals surface area (Å²) in [5.74, 6) is 1.26. The van der Waals surface area contributed by atoms with E-state index < -0.39 is 11.7 Å². The van der Waals surface area contributed by atoms with E-state index in [4.69, 9.17) is 14.6 Å². The number of carbonyl (C=O) groups excluding carboxylic acids is 1. The summed E-state index contributed by atoms with van der Waals surface area (Å²) in [7, 11) is 1.56. The molecule has 0 aliphatic carbocycles. The van der Waals surface area contributed by atoms with Gasteiger partial charge in [0, 0.05) is 31.5 Å². The number of aliphatic hydroxyl groups is 2. The van der Waals surface area contributed by atoms with Gasteiger partial charge in [-0.1, -0.05) is 18.2 Å². The van der Waals surface area contributed by atoms with Crippen molar-refractivity contribution in [3.05, 3.63) is 77.1 Å². The molecule has 0 bridgehead atoms. The van der Waals surface area contributed by atoms with Crippen LogP contribution >= 0.6 is 0 Å². The topological polar surface area (TPSA) is 108 Å². The number of fused-ring (bicyclic) bond motifs is 4. The first-order valence-electron chi connectivity index (χ1n) is 12.2. The molecule has 36 heavy (non-hydrogen) atoms. The Hall–Kier alpha value is -3.80. The molecule has 2 aliphatic rings. The molecule has 3 heterocycles. The highest BCUT2D eigenvalue weighted by Crippen LogP contribution is 2.46. The molecule has 0 radical (unpaired) electrons. The minimum atomic E-state index is -0.781. The molecule has 3 aromatic rings. The third kappa shape index (κ3) is 4.11. The lowest BCUT2D eigenvalue weighted by Gasteiger charge is -2.45. The van der Waals surface area contributed by atoms with Crippen LogP contribution < -0.4 is 9.47 Å². The van der Waals surface area contributed by atoms with Gasteiger partial charge in [-0.25, -0.2) is 0 Å². The summed E-state index contributed by atoms with van der Waals surface area (Å²) in [6, 6.07) is 19.2. The minimum Gasteiger partial charge on any atom is -0.496 e. The van der Waals surface area contributed by atoms with Crippen LogP contribution in [0.2, 0.25) is 0 Å². The van der Waals surface area contributed by atoms with E-state index in [2.05, 4.69) is 6.07 Å². The summed E-state index contributed by atoms with van der Waals surface area (Å²) in [6.07, 6.45) is 1.38. The SMILES string of the molecule is COc1cc(C(=O)N2CCC3(CC2)Oc2ccccc2-n2c(C#N)ccc23)ccc1CC[C@@H](O)CO. The average Bonchev–Trinajstić information content (AvgIpc) is 3.37. The molecule has 2 aromatic carbocycles. The van der Waals surface area contributed by atoms with Crippen LogP contribution in [0.4, 0.5) is 0 Å². The van der Waals surface area contributed by atoms with Crippen molar-refractivity contribution in [2.24, 2.45) is 0 Å². The number of piperidine rings is 1. The number of likely N-dealkylation sites (tertiary alicyclic amines) is 1. The number of methoxy groups -OCH3 is 1. The second-order valence-corrected chi connectivity index (χ2v) is 9.31. The highest BCUT2D eigenvalue weighted by molar-refractivity contribution is 5.94. The number of ether oxygens (including phenoxy) is 2. The molecular weight excluding hydrogens is 458 g/mol. The molecule has 1 saturated heterocycles. The van der Waals surface area contributed by atoms with Crippen LogP contribution in [-0.4, -0.2) is 58.5 Å². The van der Waals surface area contributed by atoms with E-state index in [1.54, 1.807) is 19.2 Å². The predicted octanol–water partition coefficient (Wildman–Crippen LogP) is 3.17. The maximum atomic E-state index is 13.4. The van der Waals surface area contributed by atoms with E-state index in [9.17, 15) is 15.2 Å². The number of benzene rings is 2. The summed E-state index contributed by atoms with van der Waals surface area (Å²) < 4.78 is 14.0. The molecule has 1 aromatic heterocycles. The first-order chi connectivity index (χ1) is 17.5. The van der Waals surface area contributed by atoms with Gasteiger partial charge in [0.2, 0.25) is 0 Å². The fraction of sp³-hybridized carbons (Fsp3) is 0.357. The Kier molecular flexibility index (Phi) is 6.44. The smallest absolute Gasteiger partial charge is 0.253 e. The second-order valence-electron chi connectivity index (χ2n) is 9.31. The number of nitriles is 1. The van der Waals surface area contributed by atoms with E-state index in [1.807, 2.05) is 51.9 Å². The molecule has 1 spiro atoms. The Morgan fingerprint density at radius 2 is 1.97 bits per heavy atom. The number of hydrogen-bond donors (Lipinski definition) is 2. The average molecular weight is 488 g/mol. The fourth-order valence-electron chi connectivity index (χ4n) is 5.24. The van der Waals surface area contributed by atoms with E-state index in [0.717, 1.165) is 22.7 Å². The molecule has 0 saturated carbocycles. The van der Waals surface area contributed by atoms with Gasteiger partial charge in [0.25, 0.3) is 5.91 Å². The standard InChI is InChI=1S/C28H29N3O5/c1-35-25-16-20(7-6-19(25)8-10-22(33)18-32)27(34)30-14-12-28(13-15-30)26-11-9-21(17-29)31(26)23-4-2-3-5-24(23)36-28/h2-7,9,11,16,22,32-33H,8,10,12-15,18H2,1H3/t22-/m1/s1. The highest BCUT2D eigenvalue weighted by Gasteiger charge is 2.45.